The lowest BCUT2D eigenvalue weighted by Gasteiger charge is -2.13. The molecule has 0 amide bonds. The molecule has 0 radical (unpaired) electrons. The molecule has 96 valence electrons. The quantitative estimate of drug-likeness (QED) is 0.867. The van der Waals surface area contributed by atoms with Crippen molar-refractivity contribution in [3.8, 4) is 0 Å². The Morgan fingerprint density at radius 2 is 1.94 bits per heavy atom. The Morgan fingerprint density at radius 1 is 1.28 bits per heavy atom. The summed E-state index contributed by atoms with van der Waals surface area (Å²) in [5.41, 5.74) is 7.60. The number of para-hydroxylation sites is 2. The molecule has 0 saturated heterocycles. The number of rotatable bonds is 5. The summed E-state index contributed by atoms with van der Waals surface area (Å²) in [5.74, 6) is 2.84. The predicted molar refractivity (Wildman–Crippen MR) is 80.0 cm³/mol. The van der Waals surface area contributed by atoms with Gasteiger partial charge < -0.3 is 11.1 Å². The maximum atomic E-state index is 5.91. The minimum absolute atomic E-state index is 0.463. The predicted octanol–water partition coefficient (Wildman–Crippen LogP) is 2.62. The Kier molecular flexibility index (Phi) is 4.25. The molecule has 1 unspecified atom stereocenters. The number of benzene rings is 1. The van der Waals surface area contributed by atoms with E-state index in [1.54, 1.807) is 0 Å². The number of nitrogen functional groups attached to an aromatic ring is 1. The number of hydrogen-bond donors (Lipinski definition) is 2. The second-order valence-corrected chi connectivity index (χ2v) is 5.30. The first kappa shape index (κ1) is 13.0. The van der Waals surface area contributed by atoms with Gasteiger partial charge in [-0.1, -0.05) is 19.1 Å². The van der Waals surface area contributed by atoms with Gasteiger partial charge in [0.15, 0.2) is 11.6 Å². The van der Waals surface area contributed by atoms with Crippen LogP contribution >= 0.6 is 11.8 Å². The molecule has 1 atom stereocenters. The lowest BCUT2D eigenvalue weighted by Crippen LogP contribution is -2.15. The van der Waals surface area contributed by atoms with Gasteiger partial charge >= 0.3 is 0 Å². The standard InChI is InChI=1S/C13H18N4S/c1-9(8-18-2)7-15-13-12(14)16-10-5-3-4-6-11(10)17-13/h3-6,9H,7-8H2,1-2H3,(H2,14,16)(H,15,17). The average molecular weight is 262 g/mol. The van der Waals surface area contributed by atoms with Crippen LogP contribution in [0, 0.1) is 5.92 Å². The van der Waals surface area contributed by atoms with Gasteiger partial charge in [-0.2, -0.15) is 11.8 Å². The van der Waals surface area contributed by atoms with Crippen LogP contribution in [0.4, 0.5) is 11.6 Å². The highest BCUT2D eigenvalue weighted by atomic mass is 32.2. The zero-order valence-electron chi connectivity index (χ0n) is 10.7. The number of thioether (sulfide) groups is 1. The molecule has 0 aliphatic heterocycles. The lowest BCUT2D eigenvalue weighted by atomic mass is 10.2. The van der Waals surface area contributed by atoms with Crippen molar-refractivity contribution in [2.24, 2.45) is 5.92 Å². The first-order valence-corrected chi connectivity index (χ1v) is 7.35. The number of hydrogen-bond acceptors (Lipinski definition) is 5. The summed E-state index contributed by atoms with van der Waals surface area (Å²) in [5, 5.41) is 3.28. The van der Waals surface area contributed by atoms with Crippen molar-refractivity contribution in [3.63, 3.8) is 0 Å². The van der Waals surface area contributed by atoms with Gasteiger partial charge in [0, 0.05) is 6.54 Å². The van der Waals surface area contributed by atoms with E-state index in [1.807, 2.05) is 36.0 Å². The normalized spacial score (nSPS) is 12.6. The zero-order chi connectivity index (χ0) is 13.0. The first-order chi connectivity index (χ1) is 8.70. The molecule has 0 spiro atoms. The number of aromatic nitrogens is 2. The molecular formula is C13H18N4S. The van der Waals surface area contributed by atoms with Gasteiger partial charge in [0.05, 0.1) is 11.0 Å². The Bertz CT molecular complexity index is 529. The topological polar surface area (TPSA) is 63.8 Å². The minimum Gasteiger partial charge on any atom is -0.381 e. The van der Waals surface area contributed by atoms with Gasteiger partial charge in [-0.05, 0) is 30.1 Å². The fourth-order valence-electron chi connectivity index (χ4n) is 1.76. The van der Waals surface area contributed by atoms with Crippen LogP contribution in [0.15, 0.2) is 24.3 Å². The van der Waals surface area contributed by atoms with Crippen molar-refractivity contribution in [2.45, 2.75) is 6.92 Å². The van der Waals surface area contributed by atoms with Crippen LogP contribution in [-0.4, -0.2) is 28.5 Å². The summed E-state index contributed by atoms with van der Waals surface area (Å²) in [6.45, 7) is 3.06. The van der Waals surface area contributed by atoms with Crippen LogP contribution in [0.3, 0.4) is 0 Å². The fourth-order valence-corrected chi connectivity index (χ4v) is 2.45. The fraction of sp³-hybridized carbons (Fsp3) is 0.385. The number of anilines is 2. The van der Waals surface area contributed by atoms with E-state index in [9.17, 15) is 0 Å². The van der Waals surface area contributed by atoms with Crippen LogP contribution in [0.2, 0.25) is 0 Å². The van der Waals surface area contributed by atoms with Crippen LogP contribution in [0.5, 0.6) is 0 Å². The number of fused-ring (bicyclic) bond motifs is 1. The summed E-state index contributed by atoms with van der Waals surface area (Å²) >= 11 is 1.84. The molecule has 1 heterocycles. The maximum Gasteiger partial charge on any atom is 0.169 e. The molecule has 2 aromatic rings. The molecule has 1 aromatic heterocycles. The second kappa shape index (κ2) is 5.91. The van der Waals surface area contributed by atoms with E-state index in [1.165, 1.54) is 0 Å². The van der Waals surface area contributed by atoms with Crippen molar-refractivity contribution < 1.29 is 0 Å². The van der Waals surface area contributed by atoms with E-state index in [0.717, 1.165) is 23.3 Å². The third kappa shape index (κ3) is 3.04. The molecule has 1 aromatic carbocycles. The molecule has 0 aliphatic carbocycles. The number of nitrogens with one attached hydrogen (secondary N) is 1. The Balaban J connectivity index is 2.15. The third-order valence-corrected chi connectivity index (χ3v) is 3.57. The molecule has 0 bridgehead atoms. The second-order valence-electron chi connectivity index (χ2n) is 4.39. The van der Waals surface area contributed by atoms with Gasteiger partial charge in [-0.25, -0.2) is 9.97 Å². The van der Waals surface area contributed by atoms with Crippen molar-refractivity contribution in [1.29, 1.82) is 0 Å². The molecule has 0 fully saturated rings. The monoisotopic (exact) mass is 262 g/mol. The van der Waals surface area contributed by atoms with Gasteiger partial charge in [-0.15, -0.1) is 0 Å². The van der Waals surface area contributed by atoms with E-state index in [0.29, 0.717) is 17.6 Å². The van der Waals surface area contributed by atoms with E-state index in [2.05, 4.69) is 28.5 Å². The Labute approximate surface area is 111 Å². The molecule has 0 aliphatic rings. The number of nitrogens with two attached hydrogens (primary N) is 1. The molecule has 5 heteroatoms. The van der Waals surface area contributed by atoms with Crippen molar-refractivity contribution in [3.05, 3.63) is 24.3 Å². The summed E-state index contributed by atoms with van der Waals surface area (Å²) in [4.78, 5) is 8.85. The molecule has 2 rings (SSSR count). The summed E-state index contributed by atoms with van der Waals surface area (Å²) in [7, 11) is 0. The summed E-state index contributed by atoms with van der Waals surface area (Å²) in [6.07, 6.45) is 2.11. The van der Waals surface area contributed by atoms with Crippen molar-refractivity contribution in [1.82, 2.24) is 9.97 Å². The van der Waals surface area contributed by atoms with E-state index < -0.39 is 0 Å². The molecule has 0 saturated carbocycles. The molecule has 4 nitrogen and oxygen atoms in total. The van der Waals surface area contributed by atoms with Gasteiger partial charge in [0.25, 0.3) is 0 Å². The van der Waals surface area contributed by atoms with Crippen LogP contribution in [0.25, 0.3) is 11.0 Å². The first-order valence-electron chi connectivity index (χ1n) is 5.95. The van der Waals surface area contributed by atoms with Crippen molar-refractivity contribution in [2.75, 3.05) is 29.6 Å². The van der Waals surface area contributed by atoms with E-state index in [4.69, 9.17) is 5.73 Å². The van der Waals surface area contributed by atoms with E-state index >= 15 is 0 Å². The SMILES string of the molecule is CSCC(C)CNc1nc2ccccc2nc1N. The highest BCUT2D eigenvalue weighted by Crippen LogP contribution is 2.18. The number of nitrogens with zero attached hydrogens (tertiary/aromatic N) is 2. The highest BCUT2D eigenvalue weighted by molar-refractivity contribution is 7.98. The highest BCUT2D eigenvalue weighted by Gasteiger charge is 2.07. The largest absolute Gasteiger partial charge is 0.381 e. The average Bonchev–Trinajstić information content (AvgIpc) is 2.36. The van der Waals surface area contributed by atoms with Gasteiger partial charge in [-0.3, -0.25) is 0 Å². The summed E-state index contributed by atoms with van der Waals surface area (Å²) < 4.78 is 0. The van der Waals surface area contributed by atoms with Crippen LogP contribution in [-0.2, 0) is 0 Å². The maximum absolute atomic E-state index is 5.91. The van der Waals surface area contributed by atoms with E-state index in [-0.39, 0.29) is 0 Å². The van der Waals surface area contributed by atoms with Crippen molar-refractivity contribution >= 4 is 34.4 Å². The van der Waals surface area contributed by atoms with Gasteiger partial charge in [0.2, 0.25) is 0 Å². The van der Waals surface area contributed by atoms with Crippen LogP contribution in [0.1, 0.15) is 6.92 Å². The Morgan fingerprint density at radius 3 is 2.61 bits per heavy atom. The van der Waals surface area contributed by atoms with Crippen LogP contribution < -0.4 is 11.1 Å². The minimum atomic E-state index is 0.463. The molecule has 3 N–H and O–H groups in total. The summed E-state index contributed by atoms with van der Waals surface area (Å²) in [6, 6.07) is 7.74. The zero-order valence-corrected chi connectivity index (χ0v) is 11.5. The lowest BCUT2D eigenvalue weighted by molar-refractivity contribution is 0.700. The van der Waals surface area contributed by atoms with Gasteiger partial charge in [0.1, 0.15) is 0 Å². The third-order valence-electron chi connectivity index (χ3n) is 2.67. The smallest absolute Gasteiger partial charge is 0.169 e. The molecule has 18 heavy (non-hydrogen) atoms. The molecular weight excluding hydrogens is 244 g/mol. The Hall–Kier alpha value is -1.49.